The van der Waals surface area contributed by atoms with Crippen LogP contribution < -0.4 is 10.1 Å². The molecule has 1 heterocycles. The SMILES string of the molecule is COc1cc(NC(=O)N2CCCN(C(=O)C(F)(F)F)CC2)ccc1C. The van der Waals surface area contributed by atoms with E-state index in [2.05, 4.69) is 5.32 Å². The van der Waals surface area contributed by atoms with E-state index < -0.39 is 18.1 Å². The van der Waals surface area contributed by atoms with Crippen LogP contribution in [0.1, 0.15) is 12.0 Å². The molecule has 1 aliphatic heterocycles. The molecular weight excluding hydrogens is 339 g/mol. The topological polar surface area (TPSA) is 61.9 Å². The second-order valence-corrected chi connectivity index (χ2v) is 5.75. The molecule has 1 aromatic carbocycles. The number of nitrogens with zero attached hydrogens (tertiary/aromatic N) is 2. The molecule has 0 aromatic heterocycles. The zero-order valence-electron chi connectivity index (χ0n) is 14.0. The fourth-order valence-corrected chi connectivity index (χ4v) is 2.60. The normalized spacial score (nSPS) is 15.6. The Labute approximate surface area is 143 Å². The van der Waals surface area contributed by atoms with E-state index in [1.54, 1.807) is 18.2 Å². The van der Waals surface area contributed by atoms with Crippen molar-refractivity contribution < 1.29 is 27.5 Å². The van der Waals surface area contributed by atoms with E-state index in [4.69, 9.17) is 4.74 Å². The molecule has 1 aliphatic rings. The van der Waals surface area contributed by atoms with Crippen molar-refractivity contribution in [2.24, 2.45) is 0 Å². The molecule has 138 valence electrons. The number of urea groups is 1. The van der Waals surface area contributed by atoms with Crippen LogP contribution in [0.3, 0.4) is 0 Å². The summed E-state index contributed by atoms with van der Waals surface area (Å²) in [6.07, 6.45) is -4.61. The Bertz CT molecular complexity index is 649. The first-order valence-corrected chi connectivity index (χ1v) is 7.79. The van der Waals surface area contributed by atoms with Crippen LogP contribution in [0.15, 0.2) is 18.2 Å². The van der Waals surface area contributed by atoms with Gasteiger partial charge in [0.05, 0.1) is 7.11 Å². The van der Waals surface area contributed by atoms with Crippen molar-refractivity contribution >= 4 is 17.6 Å². The molecule has 0 saturated carbocycles. The average molecular weight is 359 g/mol. The minimum absolute atomic E-state index is 0.0273. The number of carbonyl (C=O) groups is 2. The van der Waals surface area contributed by atoms with Gasteiger partial charge in [-0.05, 0) is 25.0 Å². The molecule has 0 aliphatic carbocycles. The third kappa shape index (κ3) is 4.77. The summed E-state index contributed by atoms with van der Waals surface area (Å²) in [5, 5.41) is 2.70. The van der Waals surface area contributed by atoms with Gasteiger partial charge in [0.2, 0.25) is 0 Å². The minimum atomic E-state index is -4.89. The monoisotopic (exact) mass is 359 g/mol. The zero-order valence-corrected chi connectivity index (χ0v) is 14.0. The Balaban J connectivity index is 1.98. The molecule has 0 atom stereocenters. The zero-order chi connectivity index (χ0) is 18.6. The first-order valence-electron chi connectivity index (χ1n) is 7.79. The van der Waals surface area contributed by atoms with Crippen molar-refractivity contribution in [1.29, 1.82) is 0 Å². The molecule has 3 amide bonds. The van der Waals surface area contributed by atoms with Gasteiger partial charge >= 0.3 is 18.1 Å². The Kier molecular flexibility index (Phi) is 5.76. The lowest BCUT2D eigenvalue weighted by atomic mass is 10.2. The van der Waals surface area contributed by atoms with Crippen LogP contribution in [0.5, 0.6) is 5.75 Å². The summed E-state index contributed by atoms with van der Waals surface area (Å²) < 4.78 is 42.7. The van der Waals surface area contributed by atoms with Gasteiger partial charge in [-0.25, -0.2) is 4.79 Å². The summed E-state index contributed by atoms with van der Waals surface area (Å²) in [6, 6.07) is 4.75. The van der Waals surface area contributed by atoms with Gasteiger partial charge in [-0.1, -0.05) is 6.07 Å². The number of amides is 3. The largest absolute Gasteiger partial charge is 0.496 e. The van der Waals surface area contributed by atoms with E-state index in [0.29, 0.717) is 11.4 Å². The molecule has 1 N–H and O–H groups in total. The molecule has 25 heavy (non-hydrogen) atoms. The number of methoxy groups -OCH3 is 1. The van der Waals surface area contributed by atoms with Crippen LogP contribution in [0.4, 0.5) is 23.7 Å². The van der Waals surface area contributed by atoms with Crippen LogP contribution in [0.25, 0.3) is 0 Å². The van der Waals surface area contributed by atoms with Crippen LogP contribution in [-0.4, -0.2) is 61.2 Å². The number of alkyl halides is 3. The lowest BCUT2D eigenvalue weighted by molar-refractivity contribution is -0.185. The summed E-state index contributed by atoms with van der Waals surface area (Å²) in [7, 11) is 1.52. The third-order valence-electron chi connectivity index (χ3n) is 3.97. The van der Waals surface area contributed by atoms with Crippen molar-refractivity contribution in [2.75, 3.05) is 38.6 Å². The predicted molar refractivity (Wildman–Crippen MR) is 85.6 cm³/mol. The number of halogens is 3. The number of nitrogens with one attached hydrogen (secondary N) is 1. The van der Waals surface area contributed by atoms with Gasteiger partial charge in [0.1, 0.15) is 5.75 Å². The Hall–Kier alpha value is -2.45. The van der Waals surface area contributed by atoms with E-state index >= 15 is 0 Å². The lowest BCUT2D eigenvalue weighted by Crippen LogP contribution is -2.44. The first-order chi connectivity index (χ1) is 11.7. The van der Waals surface area contributed by atoms with Crippen LogP contribution in [0.2, 0.25) is 0 Å². The van der Waals surface area contributed by atoms with Gasteiger partial charge < -0.3 is 19.9 Å². The van der Waals surface area contributed by atoms with Gasteiger partial charge in [0.25, 0.3) is 0 Å². The van der Waals surface area contributed by atoms with Crippen LogP contribution in [0, 0.1) is 6.92 Å². The van der Waals surface area contributed by atoms with Crippen molar-refractivity contribution in [3.8, 4) is 5.75 Å². The molecule has 0 radical (unpaired) electrons. The number of ether oxygens (including phenoxy) is 1. The van der Waals surface area contributed by atoms with Crippen LogP contribution in [-0.2, 0) is 4.79 Å². The maximum Gasteiger partial charge on any atom is 0.471 e. The standard InChI is InChI=1S/C16H20F3N3O3/c1-11-4-5-12(10-13(11)25-2)20-15(24)22-7-3-6-21(8-9-22)14(23)16(17,18)19/h4-5,10H,3,6-9H2,1-2H3,(H,20,24). The van der Waals surface area contributed by atoms with E-state index in [1.807, 2.05) is 6.92 Å². The molecular formula is C16H20F3N3O3. The summed E-state index contributed by atoms with van der Waals surface area (Å²) >= 11 is 0. The number of carbonyl (C=O) groups excluding carboxylic acids is 2. The second-order valence-electron chi connectivity index (χ2n) is 5.75. The van der Waals surface area contributed by atoms with Crippen LogP contribution >= 0.6 is 0 Å². The summed E-state index contributed by atoms with van der Waals surface area (Å²) in [5.74, 6) is -1.24. The highest BCUT2D eigenvalue weighted by atomic mass is 19.4. The fraction of sp³-hybridized carbons (Fsp3) is 0.500. The number of hydrogen-bond donors (Lipinski definition) is 1. The molecule has 0 bridgehead atoms. The molecule has 0 spiro atoms. The average Bonchev–Trinajstić information content (AvgIpc) is 2.81. The van der Waals surface area contributed by atoms with Gasteiger partial charge in [0.15, 0.2) is 0 Å². The summed E-state index contributed by atoms with van der Waals surface area (Å²) in [4.78, 5) is 25.8. The highest BCUT2D eigenvalue weighted by molar-refractivity contribution is 5.89. The van der Waals surface area contributed by atoms with Crippen molar-refractivity contribution in [3.05, 3.63) is 23.8 Å². The number of anilines is 1. The van der Waals surface area contributed by atoms with Crippen molar-refractivity contribution in [3.63, 3.8) is 0 Å². The minimum Gasteiger partial charge on any atom is -0.496 e. The smallest absolute Gasteiger partial charge is 0.471 e. The molecule has 0 unspecified atom stereocenters. The van der Waals surface area contributed by atoms with Gasteiger partial charge in [-0.3, -0.25) is 4.79 Å². The number of benzene rings is 1. The van der Waals surface area contributed by atoms with E-state index in [-0.39, 0.29) is 32.6 Å². The maximum atomic E-state index is 12.5. The predicted octanol–water partition coefficient (Wildman–Crippen LogP) is 2.63. The van der Waals surface area contributed by atoms with E-state index in [9.17, 15) is 22.8 Å². The van der Waals surface area contributed by atoms with Gasteiger partial charge in [-0.2, -0.15) is 13.2 Å². The van der Waals surface area contributed by atoms with E-state index in [1.165, 1.54) is 12.0 Å². The summed E-state index contributed by atoms with van der Waals surface area (Å²) in [6.45, 7) is 2.00. The molecule has 9 heteroatoms. The molecule has 1 fully saturated rings. The number of rotatable bonds is 2. The molecule has 1 aromatic rings. The molecule has 1 saturated heterocycles. The Morgan fingerprint density at radius 1 is 1.12 bits per heavy atom. The maximum absolute atomic E-state index is 12.5. The Morgan fingerprint density at radius 3 is 2.40 bits per heavy atom. The lowest BCUT2D eigenvalue weighted by Gasteiger charge is -2.23. The first kappa shape index (κ1) is 18.9. The summed E-state index contributed by atoms with van der Waals surface area (Å²) in [5.41, 5.74) is 1.44. The quantitative estimate of drug-likeness (QED) is 0.883. The van der Waals surface area contributed by atoms with Crippen molar-refractivity contribution in [2.45, 2.75) is 19.5 Å². The number of hydrogen-bond acceptors (Lipinski definition) is 3. The second kappa shape index (κ2) is 7.62. The van der Waals surface area contributed by atoms with Gasteiger partial charge in [-0.15, -0.1) is 0 Å². The fourth-order valence-electron chi connectivity index (χ4n) is 2.60. The molecule has 6 nitrogen and oxygen atoms in total. The van der Waals surface area contributed by atoms with Gasteiger partial charge in [0, 0.05) is 37.9 Å². The van der Waals surface area contributed by atoms with Crippen molar-refractivity contribution in [1.82, 2.24) is 9.80 Å². The highest BCUT2D eigenvalue weighted by Gasteiger charge is 2.42. The van der Waals surface area contributed by atoms with E-state index in [0.717, 1.165) is 10.5 Å². The third-order valence-corrected chi connectivity index (χ3v) is 3.97. The molecule has 2 rings (SSSR count). The number of aryl methyl sites for hydroxylation is 1. The Morgan fingerprint density at radius 2 is 1.76 bits per heavy atom. The highest BCUT2D eigenvalue weighted by Crippen LogP contribution is 2.23.